The highest BCUT2D eigenvalue weighted by atomic mass is 16.2. The quantitative estimate of drug-likeness (QED) is 0.910. The predicted octanol–water partition coefficient (Wildman–Crippen LogP) is 1.88. The normalized spacial score (nSPS) is 14.8. The van der Waals surface area contributed by atoms with E-state index < -0.39 is 0 Å². The molecular formula is C14H18N4O. The number of fused-ring (bicyclic) bond motifs is 1. The van der Waals surface area contributed by atoms with Crippen molar-refractivity contribution in [2.75, 3.05) is 6.54 Å². The molecule has 2 heterocycles. The Morgan fingerprint density at radius 2 is 2.26 bits per heavy atom. The van der Waals surface area contributed by atoms with Crippen molar-refractivity contribution < 1.29 is 4.79 Å². The Hall–Kier alpha value is -1.91. The van der Waals surface area contributed by atoms with Crippen LogP contribution in [0, 0.1) is 19.8 Å². The second-order valence-electron chi connectivity index (χ2n) is 5.34. The predicted molar refractivity (Wildman–Crippen MR) is 72.1 cm³/mol. The lowest BCUT2D eigenvalue weighted by Crippen LogP contribution is -2.26. The molecular weight excluding hydrogens is 240 g/mol. The zero-order valence-corrected chi connectivity index (χ0v) is 11.3. The van der Waals surface area contributed by atoms with E-state index in [1.165, 1.54) is 12.8 Å². The number of amides is 1. The highest BCUT2D eigenvalue weighted by Crippen LogP contribution is 2.31. The number of hydrogen-bond acceptors (Lipinski definition) is 3. The van der Waals surface area contributed by atoms with Gasteiger partial charge in [0.05, 0.1) is 11.9 Å². The molecule has 1 fully saturated rings. The van der Waals surface area contributed by atoms with E-state index in [0.29, 0.717) is 5.69 Å². The molecule has 1 saturated carbocycles. The van der Waals surface area contributed by atoms with Crippen LogP contribution >= 0.6 is 0 Å². The van der Waals surface area contributed by atoms with Gasteiger partial charge in [0.2, 0.25) is 0 Å². The second-order valence-corrected chi connectivity index (χ2v) is 5.34. The summed E-state index contributed by atoms with van der Waals surface area (Å²) in [7, 11) is 0. The first-order chi connectivity index (χ1) is 9.15. The molecule has 1 aliphatic carbocycles. The van der Waals surface area contributed by atoms with Gasteiger partial charge in [-0.2, -0.15) is 5.10 Å². The zero-order chi connectivity index (χ0) is 13.4. The van der Waals surface area contributed by atoms with Crippen molar-refractivity contribution in [3.8, 4) is 0 Å². The van der Waals surface area contributed by atoms with Crippen molar-refractivity contribution >= 4 is 11.6 Å². The molecule has 1 N–H and O–H groups in total. The summed E-state index contributed by atoms with van der Waals surface area (Å²) in [5.74, 6) is 0.732. The maximum Gasteiger partial charge on any atom is 0.271 e. The van der Waals surface area contributed by atoms with E-state index in [2.05, 4.69) is 15.4 Å². The van der Waals surface area contributed by atoms with Gasteiger partial charge >= 0.3 is 0 Å². The fourth-order valence-electron chi connectivity index (χ4n) is 2.32. The Balaban J connectivity index is 1.80. The van der Waals surface area contributed by atoms with Crippen LogP contribution in [-0.4, -0.2) is 27.0 Å². The summed E-state index contributed by atoms with van der Waals surface area (Å²) in [5.41, 5.74) is 3.18. The first-order valence-electron chi connectivity index (χ1n) is 6.75. The maximum absolute atomic E-state index is 12.1. The van der Waals surface area contributed by atoms with Gasteiger partial charge in [-0.25, -0.2) is 9.50 Å². The van der Waals surface area contributed by atoms with Crippen LogP contribution in [0.25, 0.3) is 5.65 Å². The van der Waals surface area contributed by atoms with Gasteiger partial charge < -0.3 is 5.32 Å². The standard InChI is InChI=1S/C14H18N4O/c1-9-7-10(2)17-18-12(8-16-13(9)18)14(19)15-6-5-11-3-4-11/h7-8,11H,3-6H2,1-2H3,(H,15,19). The van der Waals surface area contributed by atoms with E-state index in [1.807, 2.05) is 19.9 Å². The van der Waals surface area contributed by atoms with Gasteiger partial charge in [-0.15, -0.1) is 0 Å². The first-order valence-corrected chi connectivity index (χ1v) is 6.75. The van der Waals surface area contributed by atoms with Crippen LogP contribution in [-0.2, 0) is 0 Å². The van der Waals surface area contributed by atoms with Gasteiger partial charge in [0.25, 0.3) is 5.91 Å². The smallest absolute Gasteiger partial charge is 0.271 e. The monoisotopic (exact) mass is 258 g/mol. The van der Waals surface area contributed by atoms with Crippen LogP contribution < -0.4 is 5.32 Å². The summed E-state index contributed by atoms with van der Waals surface area (Å²) in [6.07, 6.45) is 5.30. The molecule has 5 heteroatoms. The van der Waals surface area contributed by atoms with Gasteiger partial charge in [0, 0.05) is 6.54 Å². The van der Waals surface area contributed by atoms with Crippen molar-refractivity contribution in [2.45, 2.75) is 33.1 Å². The van der Waals surface area contributed by atoms with E-state index in [0.717, 1.165) is 35.8 Å². The maximum atomic E-state index is 12.1. The molecule has 0 radical (unpaired) electrons. The summed E-state index contributed by atoms with van der Waals surface area (Å²) >= 11 is 0. The highest BCUT2D eigenvalue weighted by Gasteiger charge is 2.21. The van der Waals surface area contributed by atoms with Crippen molar-refractivity contribution in [2.24, 2.45) is 5.92 Å². The van der Waals surface area contributed by atoms with Crippen LogP contribution in [0.15, 0.2) is 12.3 Å². The Kier molecular flexibility index (Phi) is 2.97. The third-order valence-corrected chi connectivity index (χ3v) is 3.54. The van der Waals surface area contributed by atoms with Crippen LogP contribution in [0.2, 0.25) is 0 Å². The molecule has 1 aliphatic rings. The van der Waals surface area contributed by atoms with Crippen LogP contribution in [0.4, 0.5) is 0 Å². The number of rotatable bonds is 4. The molecule has 1 amide bonds. The molecule has 100 valence electrons. The summed E-state index contributed by atoms with van der Waals surface area (Å²) < 4.78 is 1.64. The first kappa shape index (κ1) is 12.1. The third kappa shape index (κ3) is 2.45. The number of nitrogens with zero attached hydrogens (tertiary/aromatic N) is 3. The molecule has 0 aromatic carbocycles. The molecule has 0 saturated heterocycles. The van der Waals surface area contributed by atoms with Crippen molar-refractivity contribution in [3.63, 3.8) is 0 Å². The second kappa shape index (κ2) is 4.64. The Morgan fingerprint density at radius 1 is 1.47 bits per heavy atom. The van der Waals surface area contributed by atoms with Gasteiger partial charge in [-0.3, -0.25) is 4.79 Å². The summed E-state index contributed by atoms with van der Waals surface area (Å²) in [5, 5.41) is 7.31. The molecule has 0 aliphatic heterocycles. The van der Waals surface area contributed by atoms with Crippen LogP contribution in [0.1, 0.15) is 41.0 Å². The van der Waals surface area contributed by atoms with E-state index in [1.54, 1.807) is 10.7 Å². The molecule has 19 heavy (non-hydrogen) atoms. The van der Waals surface area contributed by atoms with Crippen LogP contribution in [0.5, 0.6) is 0 Å². The van der Waals surface area contributed by atoms with Crippen molar-refractivity contribution in [1.29, 1.82) is 0 Å². The zero-order valence-electron chi connectivity index (χ0n) is 11.3. The topological polar surface area (TPSA) is 59.3 Å². The lowest BCUT2D eigenvalue weighted by Gasteiger charge is -2.05. The van der Waals surface area contributed by atoms with Gasteiger partial charge in [-0.1, -0.05) is 12.8 Å². The number of hydrogen-bond donors (Lipinski definition) is 1. The molecule has 3 rings (SSSR count). The summed E-state index contributed by atoms with van der Waals surface area (Å²) in [6.45, 7) is 4.63. The lowest BCUT2D eigenvalue weighted by atomic mass is 10.3. The lowest BCUT2D eigenvalue weighted by molar-refractivity contribution is 0.0945. The number of aryl methyl sites for hydroxylation is 2. The minimum atomic E-state index is -0.0920. The van der Waals surface area contributed by atoms with Crippen LogP contribution in [0.3, 0.4) is 0 Å². The van der Waals surface area contributed by atoms with Gasteiger partial charge in [0.15, 0.2) is 5.65 Å². The number of carbonyl (C=O) groups is 1. The summed E-state index contributed by atoms with van der Waals surface area (Å²) in [4.78, 5) is 16.4. The van der Waals surface area contributed by atoms with Crippen molar-refractivity contribution in [1.82, 2.24) is 19.9 Å². The summed E-state index contributed by atoms with van der Waals surface area (Å²) in [6, 6.07) is 1.97. The fraction of sp³-hybridized carbons (Fsp3) is 0.500. The van der Waals surface area contributed by atoms with E-state index in [9.17, 15) is 4.79 Å². The Morgan fingerprint density at radius 3 is 3.00 bits per heavy atom. The molecule has 0 spiro atoms. The molecule has 0 bridgehead atoms. The Bertz CT molecular complexity index is 628. The van der Waals surface area contributed by atoms with E-state index >= 15 is 0 Å². The molecule has 5 nitrogen and oxygen atoms in total. The number of nitrogens with one attached hydrogen (secondary N) is 1. The Labute approximate surface area is 112 Å². The largest absolute Gasteiger partial charge is 0.351 e. The SMILES string of the molecule is Cc1cc(C)c2ncc(C(=O)NCCC3CC3)n2n1. The molecule has 0 atom stereocenters. The average molecular weight is 258 g/mol. The molecule has 2 aromatic rings. The van der Waals surface area contributed by atoms with E-state index in [4.69, 9.17) is 0 Å². The molecule has 0 unspecified atom stereocenters. The highest BCUT2D eigenvalue weighted by molar-refractivity contribution is 5.93. The minimum Gasteiger partial charge on any atom is -0.351 e. The minimum absolute atomic E-state index is 0.0920. The third-order valence-electron chi connectivity index (χ3n) is 3.54. The average Bonchev–Trinajstić information content (AvgIpc) is 3.07. The number of imidazole rings is 1. The number of aromatic nitrogens is 3. The fourth-order valence-corrected chi connectivity index (χ4v) is 2.32. The number of carbonyl (C=O) groups excluding carboxylic acids is 1. The van der Waals surface area contributed by atoms with Gasteiger partial charge in [0.1, 0.15) is 5.69 Å². The van der Waals surface area contributed by atoms with Gasteiger partial charge in [-0.05, 0) is 37.8 Å². The van der Waals surface area contributed by atoms with E-state index in [-0.39, 0.29) is 5.91 Å². The molecule has 2 aromatic heterocycles. The van der Waals surface area contributed by atoms with Crippen molar-refractivity contribution in [3.05, 3.63) is 29.2 Å².